The molecule has 1 heterocycles. The molecule has 0 aliphatic carbocycles. The number of carbonyl (C=O) groups is 2. The molecule has 6 heteroatoms. The number of aromatic nitrogens is 2. The number of benzene rings is 1. The summed E-state index contributed by atoms with van der Waals surface area (Å²) >= 11 is 0. The number of amides is 1. The van der Waals surface area contributed by atoms with Crippen molar-refractivity contribution in [1.29, 1.82) is 0 Å². The quantitative estimate of drug-likeness (QED) is 0.912. The number of rotatable bonds is 3. The fraction of sp³-hybridized carbons (Fsp3) is 0.312. The third-order valence-corrected chi connectivity index (χ3v) is 3.79. The number of nitrogens with one attached hydrogen (secondary N) is 1. The van der Waals surface area contributed by atoms with Gasteiger partial charge in [-0.05, 0) is 44.9 Å². The summed E-state index contributed by atoms with van der Waals surface area (Å²) in [7, 11) is 1.78. The molecule has 2 N–H and O–H groups in total. The smallest absolute Gasteiger partial charge is 0.336 e. The number of carbonyl (C=O) groups excluding carboxylic acids is 1. The number of hydrogen-bond donors (Lipinski definition) is 2. The normalized spacial score (nSPS) is 10.6. The molecular weight excluding hydrogens is 282 g/mol. The summed E-state index contributed by atoms with van der Waals surface area (Å²) in [6, 6.07) is 3.24. The minimum Gasteiger partial charge on any atom is -0.478 e. The van der Waals surface area contributed by atoms with Crippen LogP contribution in [0.3, 0.4) is 0 Å². The van der Waals surface area contributed by atoms with Crippen molar-refractivity contribution < 1.29 is 14.7 Å². The van der Waals surface area contributed by atoms with Crippen molar-refractivity contribution in [1.82, 2.24) is 9.78 Å². The average molecular weight is 301 g/mol. The third-order valence-electron chi connectivity index (χ3n) is 3.79. The van der Waals surface area contributed by atoms with E-state index < -0.39 is 5.97 Å². The Labute approximate surface area is 128 Å². The van der Waals surface area contributed by atoms with Gasteiger partial charge < -0.3 is 10.4 Å². The molecule has 2 aromatic rings. The Bertz CT molecular complexity index is 775. The van der Waals surface area contributed by atoms with Gasteiger partial charge in [-0.15, -0.1) is 0 Å². The second-order valence-electron chi connectivity index (χ2n) is 5.41. The van der Waals surface area contributed by atoms with Crippen molar-refractivity contribution in [3.63, 3.8) is 0 Å². The molecule has 1 aromatic heterocycles. The van der Waals surface area contributed by atoms with Crippen LogP contribution in [0.1, 0.15) is 43.2 Å². The van der Waals surface area contributed by atoms with Crippen molar-refractivity contribution in [3.8, 4) is 0 Å². The second-order valence-corrected chi connectivity index (χ2v) is 5.41. The van der Waals surface area contributed by atoms with Gasteiger partial charge in [0.2, 0.25) is 0 Å². The standard InChI is InChI=1S/C16H19N3O3/c1-8-6-9(2)13(7-12(8)16(21)22)17-15(20)14-10(3)18-19(5)11(14)4/h6-7H,1-5H3,(H,17,20)(H,21,22). The van der Waals surface area contributed by atoms with E-state index in [9.17, 15) is 14.7 Å². The summed E-state index contributed by atoms with van der Waals surface area (Å²) < 4.78 is 1.65. The monoisotopic (exact) mass is 301 g/mol. The predicted molar refractivity (Wildman–Crippen MR) is 83.5 cm³/mol. The molecule has 0 saturated heterocycles. The van der Waals surface area contributed by atoms with Gasteiger partial charge in [-0.25, -0.2) is 4.79 Å². The number of aryl methyl sites for hydroxylation is 4. The maximum Gasteiger partial charge on any atom is 0.336 e. The molecule has 0 unspecified atom stereocenters. The number of carboxylic acids is 1. The highest BCUT2D eigenvalue weighted by Crippen LogP contribution is 2.22. The average Bonchev–Trinajstić information content (AvgIpc) is 2.66. The molecule has 2 rings (SSSR count). The number of nitrogens with zero attached hydrogens (tertiary/aromatic N) is 2. The largest absolute Gasteiger partial charge is 0.478 e. The van der Waals surface area contributed by atoms with Crippen molar-refractivity contribution in [2.75, 3.05) is 5.32 Å². The Hall–Kier alpha value is -2.63. The number of aromatic carboxylic acids is 1. The van der Waals surface area contributed by atoms with Gasteiger partial charge >= 0.3 is 5.97 Å². The van der Waals surface area contributed by atoms with E-state index >= 15 is 0 Å². The van der Waals surface area contributed by atoms with Crippen LogP contribution in [0.15, 0.2) is 12.1 Å². The number of anilines is 1. The molecular formula is C16H19N3O3. The van der Waals surface area contributed by atoms with E-state index in [1.165, 1.54) is 6.07 Å². The van der Waals surface area contributed by atoms with Gasteiger partial charge in [-0.3, -0.25) is 9.48 Å². The first kappa shape index (κ1) is 15.8. The molecule has 22 heavy (non-hydrogen) atoms. The Morgan fingerprint density at radius 3 is 2.27 bits per heavy atom. The fourth-order valence-corrected chi connectivity index (χ4v) is 2.50. The number of carboxylic acid groups (broad SMARTS) is 1. The summed E-state index contributed by atoms with van der Waals surface area (Å²) in [5.74, 6) is -1.30. The molecule has 0 saturated carbocycles. The summed E-state index contributed by atoms with van der Waals surface area (Å²) in [4.78, 5) is 23.7. The van der Waals surface area contributed by atoms with Gasteiger partial charge in [0.1, 0.15) is 0 Å². The van der Waals surface area contributed by atoms with Crippen molar-refractivity contribution >= 4 is 17.6 Å². The van der Waals surface area contributed by atoms with Crippen LogP contribution in [0.25, 0.3) is 0 Å². The summed E-state index contributed by atoms with van der Waals surface area (Å²) in [5, 5.41) is 16.2. The Balaban J connectivity index is 2.40. The van der Waals surface area contributed by atoms with Gasteiger partial charge in [-0.1, -0.05) is 6.07 Å². The molecule has 1 aromatic carbocycles. The third kappa shape index (κ3) is 2.72. The van der Waals surface area contributed by atoms with Crippen LogP contribution in [0.5, 0.6) is 0 Å². The van der Waals surface area contributed by atoms with E-state index in [1.807, 2.05) is 13.8 Å². The van der Waals surface area contributed by atoms with Gasteiger partial charge in [0, 0.05) is 18.4 Å². The van der Waals surface area contributed by atoms with Crippen molar-refractivity contribution in [2.45, 2.75) is 27.7 Å². The van der Waals surface area contributed by atoms with Gasteiger partial charge in [0.05, 0.1) is 16.8 Å². The zero-order valence-corrected chi connectivity index (χ0v) is 13.3. The summed E-state index contributed by atoms with van der Waals surface area (Å²) in [6.07, 6.45) is 0. The maximum atomic E-state index is 12.5. The van der Waals surface area contributed by atoms with E-state index in [-0.39, 0.29) is 11.5 Å². The molecule has 0 atom stereocenters. The van der Waals surface area contributed by atoms with Gasteiger partial charge in [-0.2, -0.15) is 5.10 Å². The minimum absolute atomic E-state index is 0.181. The Morgan fingerprint density at radius 1 is 1.14 bits per heavy atom. The molecule has 0 spiro atoms. The van der Waals surface area contributed by atoms with E-state index in [1.54, 1.807) is 31.6 Å². The Kier molecular flexibility index (Phi) is 4.03. The van der Waals surface area contributed by atoms with Crippen molar-refractivity contribution in [3.05, 3.63) is 45.8 Å². The zero-order valence-electron chi connectivity index (χ0n) is 13.3. The molecule has 0 bridgehead atoms. The lowest BCUT2D eigenvalue weighted by Crippen LogP contribution is -2.15. The SMILES string of the molecule is Cc1cc(C)c(C(=O)O)cc1NC(=O)c1c(C)nn(C)c1C. The van der Waals surface area contributed by atoms with Gasteiger partial charge in [0.15, 0.2) is 0 Å². The van der Waals surface area contributed by atoms with Crippen LogP contribution in [0.4, 0.5) is 5.69 Å². The second kappa shape index (κ2) is 5.63. The van der Waals surface area contributed by atoms with Crippen LogP contribution in [0, 0.1) is 27.7 Å². The maximum absolute atomic E-state index is 12.5. The van der Waals surface area contributed by atoms with Gasteiger partial charge in [0.25, 0.3) is 5.91 Å². The molecule has 0 aliphatic heterocycles. The lowest BCUT2D eigenvalue weighted by atomic mass is 10.0. The van der Waals surface area contributed by atoms with Crippen LogP contribution in [-0.4, -0.2) is 26.8 Å². The molecule has 6 nitrogen and oxygen atoms in total. The predicted octanol–water partition coefficient (Wildman–Crippen LogP) is 2.60. The topological polar surface area (TPSA) is 84.2 Å². The highest BCUT2D eigenvalue weighted by Gasteiger charge is 2.19. The molecule has 116 valence electrons. The van der Waals surface area contributed by atoms with E-state index in [4.69, 9.17) is 0 Å². The lowest BCUT2D eigenvalue weighted by Gasteiger charge is -2.11. The summed E-state index contributed by atoms with van der Waals surface area (Å²) in [6.45, 7) is 7.15. The van der Waals surface area contributed by atoms with E-state index in [2.05, 4.69) is 10.4 Å². The molecule has 1 amide bonds. The van der Waals surface area contributed by atoms with Crippen molar-refractivity contribution in [2.24, 2.45) is 7.05 Å². The Morgan fingerprint density at radius 2 is 1.77 bits per heavy atom. The highest BCUT2D eigenvalue weighted by atomic mass is 16.4. The lowest BCUT2D eigenvalue weighted by molar-refractivity contribution is 0.0695. The molecule has 0 radical (unpaired) electrons. The van der Waals surface area contributed by atoms with E-state index in [0.29, 0.717) is 22.5 Å². The van der Waals surface area contributed by atoms with Crippen LogP contribution < -0.4 is 5.32 Å². The molecule has 0 aliphatic rings. The first-order valence-electron chi connectivity index (χ1n) is 6.88. The van der Waals surface area contributed by atoms with E-state index in [0.717, 1.165) is 11.3 Å². The molecule has 0 fully saturated rings. The summed E-state index contributed by atoms with van der Waals surface area (Å²) in [5.41, 5.74) is 4.07. The minimum atomic E-state index is -1.01. The van der Waals surface area contributed by atoms with Crippen LogP contribution in [0.2, 0.25) is 0 Å². The number of hydrogen-bond acceptors (Lipinski definition) is 3. The zero-order chi connectivity index (χ0) is 16.6. The highest BCUT2D eigenvalue weighted by molar-refractivity contribution is 6.06. The first-order chi connectivity index (χ1) is 10.2. The van der Waals surface area contributed by atoms with Crippen LogP contribution >= 0.6 is 0 Å². The first-order valence-corrected chi connectivity index (χ1v) is 6.88. The fourth-order valence-electron chi connectivity index (χ4n) is 2.50. The van der Waals surface area contributed by atoms with Crippen LogP contribution in [-0.2, 0) is 7.05 Å².